The molecule has 0 spiro atoms. The molecule has 314 valence electrons. The van der Waals surface area contributed by atoms with Crippen molar-refractivity contribution in [1.29, 1.82) is 0 Å². The summed E-state index contributed by atoms with van der Waals surface area (Å²) in [6.45, 7) is 17.6. The minimum absolute atomic E-state index is 0.386. The minimum atomic E-state index is -4.55. The molecule has 0 amide bonds. The maximum atomic E-state index is 13.7. The van der Waals surface area contributed by atoms with Crippen molar-refractivity contribution in [2.75, 3.05) is 9.80 Å². The Bertz CT molecular complexity index is 2780. The zero-order valence-corrected chi connectivity index (χ0v) is 35.9. The van der Waals surface area contributed by atoms with Crippen LogP contribution in [0.4, 0.5) is 60.5 Å². The molecule has 0 atom stereocenters. The number of hydrogen-bond donors (Lipinski definition) is 0. The van der Waals surface area contributed by atoms with Crippen LogP contribution in [0.15, 0.2) is 133 Å². The number of rotatable bonds is 6. The van der Waals surface area contributed by atoms with Crippen molar-refractivity contribution in [1.82, 2.24) is 0 Å². The van der Waals surface area contributed by atoms with Crippen molar-refractivity contribution in [2.24, 2.45) is 0 Å². The number of nitrogens with zero attached hydrogens (tertiary/aromatic N) is 2. The molecule has 7 aromatic rings. The van der Waals surface area contributed by atoms with Crippen LogP contribution >= 0.6 is 0 Å². The van der Waals surface area contributed by atoms with Crippen LogP contribution in [0.25, 0.3) is 22.3 Å². The van der Waals surface area contributed by atoms with Gasteiger partial charge in [-0.2, -0.15) is 26.3 Å². The van der Waals surface area contributed by atoms with Gasteiger partial charge in [-0.1, -0.05) is 75.2 Å². The van der Waals surface area contributed by atoms with Gasteiger partial charge in [-0.25, -0.2) is 0 Å². The highest BCUT2D eigenvalue weighted by atomic mass is 19.4. The molecule has 2 nitrogen and oxygen atoms in total. The number of halogens is 6. The van der Waals surface area contributed by atoms with E-state index >= 15 is 0 Å². The number of fused-ring (bicyclic) bond motifs is 7. The zero-order valence-electron chi connectivity index (χ0n) is 35.9. The third kappa shape index (κ3) is 6.49. The van der Waals surface area contributed by atoms with Gasteiger partial charge in [0.05, 0.1) is 11.1 Å². The summed E-state index contributed by atoms with van der Waals surface area (Å²) in [7, 11) is 0. The standard InChI is InChI=1S/C54H46F6N2/c1-31-9-17-37(18-10-31)61(38-19-11-32(2)12-20-38)41-25-27-43-45(29-41)51(5,6)49-47(43)33(3)34(4)48-44-28-26-42(30-46(44)52(7,8)50(48)49)62(39-21-13-35(14-22-39)53(55,56)57)40-23-15-36(16-24-40)54(58,59)60/h9-30H,1-8H3. The Morgan fingerprint density at radius 2 is 0.645 bits per heavy atom. The molecule has 0 unspecified atom stereocenters. The monoisotopic (exact) mass is 836 g/mol. The van der Waals surface area contributed by atoms with Gasteiger partial charge in [0.15, 0.2) is 0 Å². The van der Waals surface area contributed by atoms with Crippen molar-refractivity contribution < 1.29 is 26.3 Å². The normalized spacial score (nSPS) is 14.5. The second-order valence-corrected chi connectivity index (χ2v) is 17.9. The van der Waals surface area contributed by atoms with Crippen molar-refractivity contribution in [3.8, 4) is 22.3 Å². The van der Waals surface area contributed by atoms with Gasteiger partial charge in [0.2, 0.25) is 0 Å². The molecule has 0 saturated heterocycles. The molecule has 0 heterocycles. The molecule has 62 heavy (non-hydrogen) atoms. The number of benzene rings is 7. The van der Waals surface area contributed by atoms with Crippen LogP contribution in [0, 0.1) is 27.7 Å². The van der Waals surface area contributed by atoms with Crippen LogP contribution in [0.1, 0.15) is 83.3 Å². The fraction of sp³-hybridized carbons (Fsp3) is 0.222. The number of aryl methyl sites for hydroxylation is 2. The number of hydrogen-bond acceptors (Lipinski definition) is 2. The Hall–Kier alpha value is -6.28. The summed E-state index contributed by atoms with van der Waals surface area (Å²) < 4.78 is 82.1. The van der Waals surface area contributed by atoms with Crippen molar-refractivity contribution in [2.45, 2.75) is 78.6 Å². The van der Waals surface area contributed by atoms with Crippen LogP contribution < -0.4 is 9.80 Å². The van der Waals surface area contributed by atoms with Crippen LogP contribution in [0.5, 0.6) is 0 Å². The lowest BCUT2D eigenvalue weighted by Gasteiger charge is -2.33. The van der Waals surface area contributed by atoms with Gasteiger partial charge < -0.3 is 9.80 Å². The first-order valence-corrected chi connectivity index (χ1v) is 20.7. The first kappa shape index (κ1) is 41.1. The smallest absolute Gasteiger partial charge is 0.310 e. The fourth-order valence-corrected chi connectivity index (χ4v) is 9.89. The highest BCUT2D eigenvalue weighted by Crippen LogP contribution is 2.62. The minimum Gasteiger partial charge on any atom is -0.310 e. The van der Waals surface area contributed by atoms with Gasteiger partial charge in [-0.3, -0.25) is 0 Å². The van der Waals surface area contributed by atoms with Crippen LogP contribution in [-0.4, -0.2) is 0 Å². The van der Waals surface area contributed by atoms with E-state index in [1.807, 2.05) is 6.07 Å². The quantitative estimate of drug-likeness (QED) is 0.154. The van der Waals surface area contributed by atoms with E-state index in [1.165, 1.54) is 79.9 Å². The molecule has 2 aliphatic carbocycles. The summed E-state index contributed by atoms with van der Waals surface area (Å²) in [5.74, 6) is 0. The second kappa shape index (κ2) is 14.1. The first-order chi connectivity index (χ1) is 29.2. The lowest BCUT2D eigenvalue weighted by atomic mass is 9.71. The maximum Gasteiger partial charge on any atom is 0.416 e. The van der Waals surface area contributed by atoms with Gasteiger partial charge in [0.25, 0.3) is 0 Å². The summed E-state index contributed by atoms with van der Waals surface area (Å²) in [6, 6.07) is 39.5. The zero-order chi connectivity index (χ0) is 44.3. The molecule has 0 fully saturated rings. The molecular weight excluding hydrogens is 791 g/mol. The summed E-state index contributed by atoms with van der Waals surface area (Å²) in [5.41, 5.74) is 16.2. The predicted molar refractivity (Wildman–Crippen MR) is 240 cm³/mol. The molecule has 0 N–H and O–H groups in total. The van der Waals surface area contributed by atoms with Crippen LogP contribution in [-0.2, 0) is 23.2 Å². The highest BCUT2D eigenvalue weighted by molar-refractivity contribution is 5.97. The van der Waals surface area contributed by atoms with Crippen molar-refractivity contribution in [3.63, 3.8) is 0 Å². The highest BCUT2D eigenvalue weighted by Gasteiger charge is 2.48. The van der Waals surface area contributed by atoms with E-state index in [4.69, 9.17) is 0 Å². The molecule has 0 bridgehead atoms. The Morgan fingerprint density at radius 1 is 0.371 bits per heavy atom. The summed E-state index contributed by atoms with van der Waals surface area (Å²) in [6.07, 6.45) is -9.10. The fourth-order valence-electron chi connectivity index (χ4n) is 9.89. The molecule has 2 aliphatic rings. The van der Waals surface area contributed by atoms with E-state index in [0.29, 0.717) is 17.1 Å². The molecular formula is C54H46F6N2. The van der Waals surface area contributed by atoms with Gasteiger partial charge in [0, 0.05) is 45.0 Å². The Labute approximate surface area is 359 Å². The van der Waals surface area contributed by atoms with E-state index in [-0.39, 0.29) is 0 Å². The average molecular weight is 837 g/mol. The summed E-state index contributed by atoms with van der Waals surface area (Å²) >= 11 is 0. The lowest BCUT2D eigenvalue weighted by molar-refractivity contribution is -0.138. The maximum absolute atomic E-state index is 13.7. The van der Waals surface area contributed by atoms with E-state index in [2.05, 4.69) is 139 Å². The number of anilines is 6. The Kier molecular flexibility index (Phi) is 9.36. The van der Waals surface area contributed by atoms with E-state index in [1.54, 1.807) is 4.90 Å². The summed E-state index contributed by atoms with van der Waals surface area (Å²) in [4.78, 5) is 4.03. The molecule has 8 heteroatoms. The van der Waals surface area contributed by atoms with Crippen LogP contribution in [0.2, 0.25) is 0 Å². The second-order valence-electron chi connectivity index (χ2n) is 17.9. The van der Waals surface area contributed by atoms with E-state index in [0.717, 1.165) is 52.5 Å². The topological polar surface area (TPSA) is 6.48 Å². The lowest BCUT2D eigenvalue weighted by Crippen LogP contribution is -2.25. The molecule has 0 aromatic heterocycles. The van der Waals surface area contributed by atoms with E-state index in [9.17, 15) is 26.3 Å². The molecule has 0 saturated carbocycles. The SMILES string of the molecule is Cc1ccc(N(c2ccc(C)cc2)c2ccc3c(c2)C(C)(C)c2c-3c(C)c(C)c3c2C(C)(C)c2cc(N(c4ccc(C(F)(F)F)cc4)c4ccc(C(F)(F)F)cc4)ccc2-3)cc1. The van der Waals surface area contributed by atoms with Gasteiger partial charge >= 0.3 is 12.4 Å². The van der Waals surface area contributed by atoms with Gasteiger partial charge in [0.1, 0.15) is 0 Å². The van der Waals surface area contributed by atoms with Crippen LogP contribution in [0.3, 0.4) is 0 Å². The molecule has 9 rings (SSSR count). The Morgan fingerprint density at radius 3 is 0.935 bits per heavy atom. The predicted octanol–water partition coefficient (Wildman–Crippen LogP) is 16.5. The van der Waals surface area contributed by atoms with E-state index < -0.39 is 34.3 Å². The van der Waals surface area contributed by atoms with Crippen molar-refractivity contribution >= 4 is 34.1 Å². The molecule has 0 aliphatic heterocycles. The third-order valence-electron chi connectivity index (χ3n) is 13.2. The van der Waals surface area contributed by atoms with Gasteiger partial charge in [-0.15, -0.1) is 0 Å². The van der Waals surface area contributed by atoms with Gasteiger partial charge in [-0.05, 0) is 180 Å². The van der Waals surface area contributed by atoms with Crippen molar-refractivity contribution in [3.05, 3.63) is 189 Å². The first-order valence-electron chi connectivity index (χ1n) is 20.7. The third-order valence-corrected chi connectivity index (χ3v) is 13.2. The summed E-state index contributed by atoms with van der Waals surface area (Å²) in [5, 5.41) is 0. The number of alkyl halides is 6. The largest absolute Gasteiger partial charge is 0.416 e. The average Bonchev–Trinajstić information content (AvgIpc) is 3.60. The molecule has 7 aromatic carbocycles. The molecule has 0 radical (unpaired) electrons. The Balaban J connectivity index is 1.18.